The van der Waals surface area contributed by atoms with Gasteiger partial charge in [0.15, 0.2) is 0 Å². The molecule has 2 aromatic carbocycles. The molecule has 1 aliphatic carbocycles. The molecule has 27 heavy (non-hydrogen) atoms. The Kier molecular flexibility index (Phi) is 6.12. The summed E-state index contributed by atoms with van der Waals surface area (Å²) in [5.41, 5.74) is 3.41. The standard InChI is InChI=1S/C22H26N2O3/c1-15-7-8-17(13-16(15)2)22(26)23-14-21(25)24-18-9-11-20(12-10-18)27-19-5-3-4-6-19/h7-13,19H,3-6,14H2,1-2H3,(H,23,26)(H,24,25). The lowest BCUT2D eigenvalue weighted by Crippen LogP contribution is -2.32. The van der Waals surface area contributed by atoms with E-state index in [-0.39, 0.29) is 18.4 Å². The Morgan fingerprint density at radius 1 is 1.00 bits per heavy atom. The van der Waals surface area contributed by atoms with Gasteiger partial charge in [0.2, 0.25) is 5.91 Å². The molecule has 5 heteroatoms. The number of rotatable bonds is 6. The summed E-state index contributed by atoms with van der Waals surface area (Å²) in [7, 11) is 0. The molecule has 0 radical (unpaired) electrons. The van der Waals surface area contributed by atoms with Gasteiger partial charge in [-0.05, 0) is 87.1 Å². The lowest BCUT2D eigenvalue weighted by atomic mass is 10.1. The van der Waals surface area contributed by atoms with E-state index in [0.29, 0.717) is 17.4 Å². The summed E-state index contributed by atoms with van der Waals surface area (Å²) in [6.45, 7) is 3.87. The molecule has 0 aromatic heterocycles. The number of ether oxygens (including phenoxy) is 1. The van der Waals surface area contributed by atoms with Crippen LogP contribution >= 0.6 is 0 Å². The number of benzene rings is 2. The van der Waals surface area contributed by atoms with Crippen LogP contribution in [0.25, 0.3) is 0 Å². The van der Waals surface area contributed by atoms with Crippen LogP contribution in [-0.4, -0.2) is 24.5 Å². The molecule has 0 bridgehead atoms. The first-order valence-electron chi connectivity index (χ1n) is 9.43. The van der Waals surface area contributed by atoms with Crippen molar-refractivity contribution >= 4 is 17.5 Å². The van der Waals surface area contributed by atoms with Gasteiger partial charge in [0.25, 0.3) is 5.91 Å². The molecule has 0 saturated heterocycles. The normalized spacial score (nSPS) is 14.0. The van der Waals surface area contributed by atoms with Gasteiger partial charge in [-0.3, -0.25) is 9.59 Å². The topological polar surface area (TPSA) is 67.4 Å². The zero-order valence-corrected chi connectivity index (χ0v) is 15.9. The van der Waals surface area contributed by atoms with Crippen LogP contribution < -0.4 is 15.4 Å². The van der Waals surface area contributed by atoms with Crippen LogP contribution in [0.3, 0.4) is 0 Å². The largest absolute Gasteiger partial charge is 0.490 e. The van der Waals surface area contributed by atoms with Gasteiger partial charge in [0.1, 0.15) is 5.75 Å². The Morgan fingerprint density at radius 2 is 1.70 bits per heavy atom. The second-order valence-corrected chi connectivity index (χ2v) is 7.08. The van der Waals surface area contributed by atoms with E-state index >= 15 is 0 Å². The minimum Gasteiger partial charge on any atom is -0.490 e. The lowest BCUT2D eigenvalue weighted by molar-refractivity contribution is -0.115. The number of aryl methyl sites for hydroxylation is 2. The number of amides is 2. The van der Waals surface area contributed by atoms with Gasteiger partial charge >= 0.3 is 0 Å². The number of hydrogen-bond acceptors (Lipinski definition) is 3. The van der Waals surface area contributed by atoms with Gasteiger partial charge in [-0.2, -0.15) is 0 Å². The van der Waals surface area contributed by atoms with E-state index in [1.54, 1.807) is 6.07 Å². The summed E-state index contributed by atoms with van der Waals surface area (Å²) in [5.74, 6) is 0.299. The molecule has 2 N–H and O–H groups in total. The first kappa shape index (κ1) is 19.0. The highest BCUT2D eigenvalue weighted by molar-refractivity contribution is 5.99. The molecule has 5 nitrogen and oxygen atoms in total. The fourth-order valence-electron chi connectivity index (χ4n) is 3.17. The van der Waals surface area contributed by atoms with Gasteiger partial charge < -0.3 is 15.4 Å². The van der Waals surface area contributed by atoms with E-state index in [0.717, 1.165) is 29.7 Å². The van der Waals surface area contributed by atoms with Crippen LogP contribution in [0.1, 0.15) is 47.2 Å². The maximum atomic E-state index is 12.2. The quantitative estimate of drug-likeness (QED) is 0.812. The molecule has 1 saturated carbocycles. The predicted molar refractivity (Wildman–Crippen MR) is 106 cm³/mol. The maximum absolute atomic E-state index is 12.2. The lowest BCUT2D eigenvalue weighted by Gasteiger charge is -2.13. The van der Waals surface area contributed by atoms with Crippen molar-refractivity contribution in [3.8, 4) is 5.75 Å². The second kappa shape index (κ2) is 8.71. The van der Waals surface area contributed by atoms with Crippen molar-refractivity contribution in [1.29, 1.82) is 0 Å². The highest BCUT2D eigenvalue weighted by Crippen LogP contribution is 2.25. The number of nitrogens with one attached hydrogen (secondary N) is 2. The van der Waals surface area contributed by atoms with Crippen molar-refractivity contribution in [2.24, 2.45) is 0 Å². The van der Waals surface area contributed by atoms with Crippen molar-refractivity contribution in [2.45, 2.75) is 45.6 Å². The van der Waals surface area contributed by atoms with Crippen LogP contribution in [0, 0.1) is 13.8 Å². The molecular weight excluding hydrogens is 340 g/mol. The Morgan fingerprint density at radius 3 is 2.37 bits per heavy atom. The maximum Gasteiger partial charge on any atom is 0.251 e. The number of hydrogen-bond donors (Lipinski definition) is 2. The third-order valence-corrected chi connectivity index (χ3v) is 4.92. The van der Waals surface area contributed by atoms with Crippen molar-refractivity contribution in [2.75, 3.05) is 11.9 Å². The highest BCUT2D eigenvalue weighted by atomic mass is 16.5. The molecule has 0 heterocycles. The van der Waals surface area contributed by atoms with Crippen molar-refractivity contribution in [3.05, 3.63) is 59.2 Å². The van der Waals surface area contributed by atoms with Crippen molar-refractivity contribution < 1.29 is 14.3 Å². The first-order chi connectivity index (χ1) is 13.0. The SMILES string of the molecule is Cc1ccc(C(=O)NCC(=O)Nc2ccc(OC3CCCC3)cc2)cc1C. The summed E-state index contributed by atoms with van der Waals surface area (Å²) >= 11 is 0. The van der Waals surface area contributed by atoms with E-state index in [2.05, 4.69) is 10.6 Å². The number of anilines is 1. The zero-order chi connectivity index (χ0) is 19.2. The summed E-state index contributed by atoms with van der Waals surface area (Å²) in [6, 6.07) is 12.8. The molecule has 2 aromatic rings. The van der Waals surface area contributed by atoms with E-state index in [1.807, 2.05) is 50.2 Å². The average molecular weight is 366 g/mol. The molecule has 1 aliphatic rings. The Labute approximate surface area is 160 Å². The van der Waals surface area contributed by atoms with Crippen LogP contribution in [0.2, 0.25) is 0 Å². The Bertz CT molecular complexity index is 809. The summed E-state index contributed by atoms with van der Waals surface area (Å²) in [4.78, 5) is 24.2. The van der Waals surface area contributed by atoms with Crippen LogP contribution in [-0.2, 0) is 4.79 Å². The zero-order valence-electron chi connectivity index (χ0n) is 15.9. The summed E-state index contributed by atoms with van der Waals surface area (Å²) in [6.07, 6.45) is 4.99. The molecule has 142 valence electrons. The Balaban J connectivity index is 1.47. The predicted octanol–water partition coefficient (Wildman–Crippen LogP) is 3.99. The molecule has 0 unspecified atom stereocenters. The van der Waals surface area contributed by atoms with Gasteiger partial charge in [-0.15, -0.1) is 0 Å². The van der Waals surface area contributed by atoms with Gasteiger partial charge in [-0.25, -0.2) is 0 Å². The molecule has 0 atom stereocenters. The fourth-order valence-corrected chi connectivity index (χ4v) is 3.17. The monoisotopic (exact) mass is 366 g/mol. The Hall–Kier alpha value is -2.82. The minimum absolute atomic E-state index is 0.0773. The summed E-state index contributed by atoms with van der Waals surface area (Å²) in [5, 5.41) is 5.43. The number of carbonyl (C=O) groups excluding carboxylic acids is 2. The smallest absolute Gasteiger partial charge is 0.251 e. The molecule has 0 aliphatic heterocycles. The van der Waals surface area contributed by atoms with E-state index < -0.39 is 0 Å². The van der Waals surface area contributed by atoms with Gasteiger partial charge in [-0.1, -0.05) is 6.07 Å². The third-order valence-electron chi connectivity index (χ3n) is 4.92. The highest BCUT2D eigenvalue weighted by Gasteiger charge is 2.16. The van der Waals surface area contributed by atoms with Gasteiger partial charge in [0.05, 0.1) is 12.6 Å². The van der Waals surface area contributed by atoms with Crippen LogP contribution in [0.5, 0.6) is 5.75 Å². The fraction of sp³-hybridized carbons (Fsp3) is 0.364. The molecule has 1 fully saturated rings. The molecular formula is C22H26N2O3. The third kappa shape index (κ3) is 5.33. The molecule has 2 amide bonds. The van der Waals surface area contributed by atoms with E-state index in [4.69, 9.17) is 4.74 Å². The minimum atomic E-state index is -0.267. The van der Waals surface area contributed by atoms with Gasteiger partial charge in [0, 0.05) is 11.3 Å². The van der Waals surface area contributed by atoms with Crippen molar-refractivity contribution in [1.82, 2.24) is 5.32 Å². The molecule has 0 spiro atoms. The average Bonchev–Trinajstić information content (AvgIpc) is 3.16. The van der Waals surface area contributed by atoms with Crippen molar-refractivity contribution in [3.63, 3.8) is 0 Å². The van der Waals surface area contributed by atoms with Crippen LogP contribution in [0.4, 0.5) is 5.69 Å². The first-order valence-corrected chi connectivity index (χ1v) is 9.43. The number of carbonyl (C=O) groups is 2. The van der Waals surface area contributed by atoms with E-state index in [9.17, 15) is 9.59 Å². The molecule has 3 rings (SSSR count). The second-order valence-electron chi connectivity index (χ2n) is 7.08. The summed E-state index contributed by atoms with van der Waals surface area (Å²) < 4.78 is 5.91. The van der Waals surface area contributed by atoms with Crippen LogP contribution in [0.15, 0.2) is 42.5 Å². The van der Waals surface area contributed by atoms with E-state index in [1.165, 1.54) is 12.8 Å².